The van der Waals surface area contributed by atoms with Gasteiger partial charge >= 0.3 is 0 Å². The molecule has 0 aliphatic rings. The predicted octanol–water partition coefficient (Wildman–Crippen LogP) is 2.27. The minimum Gasteiger partial charge on any atom is -0.495 e. The number of carbonyl (C=O) groups is 1. The van der Waals surface area contributed by atoms with Crippen LogP contribution < -0.4 is 10.1 Å². The van der Waals surface area contributed by atoms with Crippen LogP contribution in [0.1, 0.15) is 10.4 Å². The topological polar surface area (TPSA) is 85.4 Å². The molecule has 21 heavy (non-hydrogen) atoms. The van der Waals surface area contributed by atoms with Gasteiger partial charge in [-0.2, -0.15) is 0 Å². The molecule has 0 saturated heterocycles. The lowest BCUT2D eigenvalue weighted by Crippen LogP contribution is -2.13. The average Bonchev–Trinajstić information content (AvgIpc) is 2.47. The van der Waals surface area contributed by atoms with Gasteiger partial charge in [0, 0.05) is 28.6 Å². The second-order valence-electron chi connectivity index (χ2n) is 3.99. The molecule has 0 bridgehead atoms. The SMILES string of the molecule is COc1ccc(S(=O)(=O)Cl)cc1NC(=O)c1ccncc1. The first-order chi connectivity index (χ1) is 9.91. The smallest absolute Gasteiger partial charge is 0.261 e. The molecule has 110 valence electrons. The van der Waals surface area contributed by atoms with Crippen LogP contribution in [0, 0.1) is 0 Å². The summed E-state index contributed by atoms with van der Waals surface area (Å²) < 4.78 is 27.8. The molecule has 0 fully saturated rings. The zero-order valence-corrected chi connectivity index (χ0v) is 12.5. The number of hydrogen-bond donors (Lipinski definition) is 1. The van der Waals surface area contributed by atoms with Gasteiger partial charge in [0.2, 0.25) is 0 Å². The van der Waals surface area contributed by atoms with Crippen molar-refractivity contribution in [1.29, 1.82) is 0 Å². The van der Waals surface area contributed by atoms with Gasteiger partial charge in [0.15, 0.2) is 0 Å². The van der Waals surface area contributed by atoms with Crippen LogP contribution in [0.25, 0.3) is 0 Å². The van der Waals surface area contributed by atoms with Gasteiger partial charge in [0.25, 0.3) is 15.0 Å². The Hall–Kier alpha value is -2.12. The van der Waals surface area contributed by atoms with Crippen molar-refractivity contribution >= 4 is 31.3 Å². The third kappa shape index (κ3) is 3.71. The largest absolute Gasteiger partial charge is 0.495 e. The second-order valence-corrected chi connectivity index (χ2v) is 6.56. The second kappa shape index (κ2) is 6.11. The predicted molar refractivity (Wildman–Crippen MR) is 78.2 cm³/mol. The van der Waals surface area contributed by atoms with Crippen molar-refractivity contribution in [2.45, 2.75) is 4.90 Å². The van der Waals surface area contributed by atoms with Crippen molar-refractivity contribution in [2.24, 2.45) is 0 Å². The van der Waals surface area contributed by atoms with E-state index in [2.05, 4.69) is 10.3 Å². The summed E-state index contributed by atoms with van der Waals surface area (Å²) in [6.07, 6.45) is 2.96. The third-order valence-corrected chi connectivity index (χ3v) is 3.99. The van der Waals surface area contributed by atoms with E-state index in [4.69, 9.17) is 15.4 Å². The highest BCUT2D eigenvalue weighted by atomic mass is 35.7. The monoisotopic (exact) mass is 326 g/mol. The van der Waals surface area contributed by atoms with E-state index in [1.165, 1.54) is 49.8 Å². The third-order valence-electron chi connectivity index (χ3n) is 2.64. The standard InChI is InChI=1S/C13H11ClN2O4S/c1-20-12-3-2-10(21(14,18)19)8-11(12)16-13(17)9-4-6-15-7-5-9/h2-8H,1H3,(H,16,17). The number of halogens is 1. The molecule has 2 rings (SSSR count). The van der Waals surface area contributed by atoms with Crippen LogP contribution in [0.15, 0.2) is 47.6 Å². The summed E-state index contributed by atoms with van der Waals surface area (Å²) in [5.74, 6) is -0.0960. The van der Waals surface area contributed by atoms with Gasteiger partial charge in [-0.25, -0.2) is 8.42 Å². The zero-order chi connectivity index (χ0) is 15.5. The van der Waals surface area contributed by atoms with Gasteiger partial charge in [-0.3, -0.25) is 9.78 Å². The molecule has 0 spiro atoms. The molecule has 0 saturated carbocycles. The Morgan fingerprint density at radius 3 is 2.48 bits per heavy atom. The van der Waals surface area contributed by atoms with Crippen LogP contribution in [0.4, 0.5) is 5.69 Å². The molecule has 1 heterocycles. The van der Waals surface area contributed by atoms with Gasteiger partial charge in [0.05, 0.1) is 17.7 Å². The van der Waals surface area contributed by atoms with Crippen LogP contribution in [0.3, 0.4) is 0 Å². The highest BCUT2D eigenvalue weighted by Gasteiger charge is 2.15. The number of amides is 1. The molecule has 6 nitrogen and oxygen atoms in total. The first kappa shape index (κ1) is 15.3. The Bertz CT molecular complexity index is 763. The first-order valence-electron chi connectivity index (χ1n) is 5.76. The molecule has 1 N–H and O–H groups in total. The molecule has 1 aromatic heterocycles. The number of nitrogens with zero attached hydrogens (tertiary/aromatic N) is 1. The maximum absolute atomic E-state index is 12.1. The number of benzene rings is 1. The van der Waals surface area contributed by atoms with Gasteiger partial charge in [-0.1, -0.05) is 0 Å². The Morgan fingerprint density at radius 1 is 1.24 bits per heavy atom. The summed E-state index contributed by atoms with van der Waals surface area (Å²) in [7, 11) is 2.80. The first-order valence-corrected chi connectivity index (χ1v) is 8.07. The summed E-state index contributed by atoms with van der Waals surface area (Å²) in [4.78, 5) is 15.8. The zero-order valence-electron chi connectivity index (χ0n) is 10.9. The number of carbonyl (C=O) groups excluding carboxylic acids is 1. The Morgan fingerprint density at radius 2 is 1.90 bits per heavy atom. The lowest BCUT2D eigenvalue weighted by Gasteiger charge is -2.11. The van der Waals surface area contributed by atoms with Gasteiger partial charge in [-0.15, -0.1) is 0 Å². The van der Waals surface area contributed by atoms with Gasteiger partial charge in [-0.05, 0) is 30.3 Å². The molecule has 0 unspecified atom stereocenters. The molecule has 0 aliphatic carbocycles. The van der Waals surface area contributed by atoms with Crippen molar-refractivity contribution in [3.8, 4) is 5.75 Å². The minimum atomic E-state index is -3.90. The fraction of sp³-hybridized carbons (Fsp3) is 0.0769. The van der Waals surface area contributed by atoms with E-state index in [9.17, 15) is 13.2 Å². The molecular formula is C13H11ClN2O4S. The molecule has 1 aromatic carbocycles. The van der Waals surface area contributed by atoms with Crippen molar-refractivity contribution in [1.82, 2.24) is 4.98 Å². The van der Waals surface area contributed by atoms with E-state index >= 15 is 0 Å². The molecule has 2 aromatic rings. The number of ether oxygens (including phenoxy) is 1. The maximum atomic E-state index is 12.1. The summed E-state index contributed by atoms with van der Waals surface area (Å²) >= 11 is 0. The number of aromatic nitrogens is 1. The summed E-state index contributed by atoms with van der Waals surface area (Å²) in [6.45, 7) is 0. The van der Waals surface area contributed by atoms with Crippen molar-refractivity contribution in [3.63, 3.8) is 0 Å². The van der Waals surface area contributed by atoms with Crippen LogP contribution >= 0.6 is 10.7 Å². The van der Waals surface area contributed by atoms with E-state index in [1.807, 2.05) is 0 Å². The number of rotatable bonds is 4. The molecule has 1 amide bonds. The maximum Gasteiger partial charge on any atom is 0.261 e. The average molecular weight is 327 g/mol. The number of nitrogens with one attached hydrogen (secondary N) is 1. The van der Waals surface area contributed by atoms with E-state index in [-0.39, 0.29) is 10.6 Å². The van der Waals surface area contributed by atoms with Crippen molar-refractivity contribution < 1.29 is 17.9 Å². The lowest BCUT2D eigenvalue weighted by molar-refractivity contribution is 0.102. The highest BCUT2D eigenvalue weighted by molar-refractivity contribution is 8.13. The van der Waals surface area contributed by atoms with E-state index in [0.29, 0.717) is 11.3 Å². The summed E-state index contributed by atoms with van der Waals surface area (Å²) in [5, 5.41) is 2.58. The normalized spacial score (nSPS) is 11.0. The molecule has 0 aliphatic heterocycles. The van der Waals surface area contributed by atoms with Crippen LogP contribution in [-0.4, -0.2) is 26.4 Å². The molecule has 0 radical (unpaired) electrons. The van der Waals surface area contributed by atoms with Crippen molar-refractivity contribution in [2.75, 3.05) is 12.4 Å². The van der Waals surface area contributed by atoms with E-state index in [1.54, 1.807) is 0 Å². The number of anilines is 1. The lowest BCUT2D eigenvalue weighted by atomic mass is 10.2. The van der Waals surface area contributed by atoms with Gasteiger partial charge in [0.1, 0.15) is 5.75 Å². The number of pyridine rings is 1. The van der Waals surface area contributed by atoms with E-state index < -0.39 is 15.0 Å². The quantitative estimate of drug-likeness (QED) is 0.871. The van der Waals surface area contributed by atoms with Crippen molar-refractivity contribution in [3.05, 3.63) is 48.3 Å². The highest BCUT2D eigenvalue weighted by Crippen LogP contribution is 2.29. The Balaban J connectivity index is 2.36. The Labute approximate surface area is 126 Å². The summed E-state index contributed by atoms with van der Waals surface area (Å²) in [5.41, 5.74) is 0.590. The fourth-order valence-electron chi connectivity index (χ4n) is 1.63. The van der Waals surface area contributed by atoms with Crippen LogP contribution in [0.5, 0.6) is 5.75 Å². The number of hydrogen-bond acceptors (Lipinski definition) is 5. The minimum absolute atomic E-state index is 0.130. The fourth-order valence-corrected chi connectivity index (χ4v) is 2.41. The van der Waals surface area contributed by atoms with E-state index in [0.717, 1.165) is 0 Å². The summed E-state index contributed by atoms with van der Waals surface area (Å²) in [6, 6.07) is 7.01. The molecule has 0 atom stereocenters. The molecular weight excluding hydrogens is 316 g/mol. The van der Waals surface area contributed by atoms with Gasteiger partial charge < -0.3 is 10.1 Å². The van der Waals surface area contributed by atoms with Crippen LogP contribution in [-0.2, 0) is 9.05 Å². The Kier molecular flexibility index (Phi) is 4.44. The molecule has 8 heteroatoms. The number of methoxy groups -OCH3 is 1. The van der Waals surface area contributed by atoms with Crippen LogP contribution in [0.2, 0.25) is 0 Å².